The summed E-state index contributed by atoms with van der Waals surface area (Å²) in [7, 11) is 0. The molecule has 4 N–H and O–H groups in total. The average Bonchev–Trinajstić information content (AvgIpc) is 2.31. The third kappa shape index (κ3) is 3.11. The molecule has 1 unspecified atom stereocenters. The van der Waals surface area contributed by atoms with Crippen molar-refractivity contribution in [3.63, 3.8) is 0 Å². The molecule has 7 heteroatoms. The molecule has 0 saturated carbocycles. The van der Waals surface area contributed by atoms with Crippen LogP contribution in [-0.2, 0) is 14.3 Å². The molecule has 0 aromatic rings. The summed E-state index contributed by atoms with van der Waals surface area (Å²) in [5.74, 6) is -2.45. The van der Waals surface area contributed by atoms with Crippen LogP contribution in [0.2, 0.25) is 0 Å². The number of hydrogen-bond donors (Lipinski definition) is 4. The monoisotopic (exact) mass is 234 g/mol. The SMILES string of the molecule is C=CC(=O)OC(=O)C(O)C(CO)(CO)CO. The van der Waals surface area contributed by atoms with Gasteiger partial charge in [0.1, 0.15) is 0 Å². The van der Waals surface area contributed by atoms with Crippen molar-refractivity contribution >= 4 is 11.9 Å². The third-order valence-electron chi connectivity index (χ3n) is 2.12. The molecule has 0 bridgehead atoms. The summed E-state index contributed by atoms with van der Waals surface area (Å²) in [6.45, 7) is 0.493. The fourth-order valence-corrected chi connectivity index (χ4v) is 0.856. The first-order valence-electron chi connectivity index (χ1n) is 4.36. The van der Waals surface area contributed by atoms with Gasteiger partial charge in [-0.05, 0) is 0 Å². The van der Waals surface area contributed by atoms with E-state index >= 15 is 0 Å². The lowest BCUT2D eigenvalue weighted by Crippen LogP contribution is -2.50. The Morgan fingerprint density at radius 3 is 2.00 bits per heavy atom. The van der Waals surface area contributed by atoms with Gasteiger partial charge in [0.05, 0.1) is 25.2 Å². The Morgan fingerprint density at radius 1 is 1.25 bits per heavy atom. The van der Waals surface area contributed by atoms with Crippen LogP contribution in [0.3, 0.4) is 0 Å². The standard InChI is InChI=1S/C9H14O7/c1-2-6(13)16-8(15)7(14)9(3-10,4-11)5-12/h2,7,10-12,14H,1,3-5H2. The zero-order valence-electron chi connectivity index (χ0n) is 8.50. The van der Waals surface area contributed by atoms with E-state index in [1.807, 2.05) is 0 Å². The van der Waals surface area contributed by atoms with Crippen molar-refractivity contribution in [2.24, 2.45) is 5.41 Å². The molecule has 0 amide bonds. The number of carbonyl (C=O) groups excluding carboxylic acids is 2. The van der Waals surface area contributed by atoms with Crippen molar-refractivity contribution in [1.82, 2.24) is 0 Å². The Balaban J connectivity index is 4.74. The summed E-state index contributed by atoms with van der Waals surface area (Å²) in [6, 6.07) is 0. The molecule has 92 valence electrons. The predicted molar refractivity (Wildman–Crippen MR) is 51.0 cm³/mol. The van der Waals surface area contributed by atoms with Gasteiger partial charge in [0.15, 0.2) is 6.10 Å². The van der Waals surface area contributed by atoms with E-state index in [0.29, 0.717) is 6.08 Å². The summed E-state index contributed by atoms with van der Waals surface area (Å²) >= 11 is 0. The molecule has 0 heterocycles. The second-order valence-electron chi connectivity index (χ2n) is 3.18. The fraction of sp³-hybridized carbons (Fsp3) is 0.556. The van der Waals surface area contributed by atoms with E-state index < -0.39 is 43.3 Å². The van der Waals surface area contributed by atoms with Crippen LogP contribution in [0.25, 0.3) is 0 Å². The van der Waals surface area contributed by atoms with Gasteiger partial charge in [-0.2, -0.15) is 0 Å². The minimum atomic E-state index is -2.02. The lowest BCUT2D eigenvalue weighted by molar-refractivity contribution is -0.175. The number of carbonyl (C=O) groups is 2. The highest BCUT2D eigenvalue weighted by Crippen LogP contribution is 2.21. The molecule has 0 saturated heterocycles. The fourth-order valence-electron chi connectivity index (χ4n) is 0.856. The zero-order chi connectivity index (χ0) is 12.8. The number of esters is 2. The van der Waals surface area contributed by atoms with Crippen molar-refractivity contribution in [1.29, 1.82) is 0 Å². The summed E-state index contributed by atoms with van der Waals surface area (Å²) in [5, 5.41) is 36.1. The smallest absolute Gasteiger partial charge is 0.343 e. The van der Waals surface area contributed by atoms with E-state index in [9.17, 15) is 14.7 Å². The molecule has 0 aliphatic heterocycles. The van der Waals surface area contributed by atoms with E-state index in [1.54, 1.807) is 0 Å². The second-order valence-corrected chi connectivity index (χ2v) is 3.18. The van der Waals surface area contributed by atoms with Crippen molar-refractivity contribution in [2.45, 2.75) is 6.10 Å². The maximum absolute atomic E-state index is 11.2. The van der Waals surface area contributed by atoms with Crippen LogP contribution in [0.1, 0.15) is 0 Å². The lowest BCUT2D eigenvalue weighted by atomic mass is 9.84. The van der Waals surface area contributed by atoms with Crippen LogP contribution in [0, 0.1) is 5.41 Å². The third-order valence-corrected chi connectivity index (χ3v) is 2.12. The van der Waals surface area contributed by atoms with Crippen LogP contribution in [-0.4, -0.2) is 58.3 Å². The van der Waals surface area contributed by atoms with Gasteiger partial charge in [0, 0.05) is 6.08 Å². The Morgan fingerprint density at radius 2 is 1.69 bits per heavy atom. The topological polar surface area (TPSA) is 124 Å². The number of aliphatic hydroxyl groups is 4. The summed E-state index contributed by atoms with van der Waals surface area (Å²) < 4.78 is 4.09. The summed E-state index contributed by atoms with van der Waals surface area (Å²) in [4.78, 5) is 21.8. The van der Waals surface area contributed by atoms with Gasteiger partial charge in [-0.1, -0.05) is 6.58 Å². The van der Waals surface area contributed by atoms with Crippen LogP contribution in [0.4, 0.5) is 0 Å². The number of rotatable bonds is 6. The molecule has 0 spiro atoms. The van der Waals surface area contributed by atoms with Crippen LogP contribution < -0.4 is 0 Å². The Hall–Kier alpha value is -1.28. The first kappa shape index (κ1) is 14.7. The highest BCUT2D eigenvalue weighted by atomic mass is 16.6. The molecule has 0 aliphatic carbocycles. The summed E-state index contributed by atoms with van der Waals surface area (Å²) in [5.41, 5.74) is -1.85. The molecule has 1 atom stereocenters. The second kappa shape index (κ2) is 6.33. The summed E-state index contributed by atoms with van der Waals surface area (Å²) in [6.07, 6.45) is -1.31. The van der Waals surface area contributed by atoms with Gasteiger partial charge < -0.3 is 25.2 Å². The van der Waals surface area contributed by atoms with Gasteiger partial charge >= 0.3 is 11.9 Å². The predicted octanol–water partition coefficient (Wildman–Crippen LogP) is -2.43. The molecule has 0 fully saturated rings. The highest BCUT2D eigenvalue weighted by Gasteiger charge is 2.42. The van der Waals surface area contributed by atoms with Crippen molar-refractivity contribution in [3.05, 3.63) is 12.7 Å². The van der Waals surface area contributed by atoms with E-state index in [2.05, 4.69) is 11.3 Å². The minimum absolute atomic E-state index is 0.711. The van der Waals surface area contributed by atoms with Gasteiger partial charge in [0.25, 0.3) is 0 Å². The normalized spacial score (nSPS) is 13.0. The average molecular weight is 234 g/mol. The van der Waals surface area contributed by atoms with Crippen molar-refractivity contribution in [2.75, 3.05) is 19.8 Å². The number of ether oxygens (including phenoxy) is 1. The zero-order valence-corrected chi connectivity index (χ0v) is 8.50. The molecule has 0 aromatic heterocycles. The molecule has 16 heavy (non-hydrogen) atoms. The van der Waals surface area contributed by atoms with E-state index in [0.717, 1.165) is 0 Å². The molecule has 7 nitrogen and oxygen atoms in total. The largest absolute Gasteiger partial charge is 0.395 e. The van der Waals surface area contributed by atoms with E-state index in [4.69, 9.17) is 15.3 Å². The molecule has 0 radical (unpaired) electrons. The maximum atomic E-state index is 11.2. The number of aliphatic hydroxyl groups excluding tert-OH is 4. The molecular formula is C9H14O7. The highest BCUT2D eigenvalue weighted by molar-refractivity contribution is 5.93. The van der Waals surface area contributed by atoms with E-state index in [1.165, 1.54) is 0 Å². The van der Waals surface area contributed by atoms with Crippen molar-refractivity contribution in [3.8, 4) is 0 Å². The van der Waals surface area contributed by atoms with E-state index in [-0.39, 0.29) is 0 Å². The quantitative estimate of drug-likeness (QED) is 0.229. The van der Waals surface area contributed by atoms with Gasteiger partial charge in [-0.3, -0.25) is 0 Å². The van der Waals surface area contributed by atoms with Gasteiger partial charge in [0.2, 0.25) is 0 Å². The molecular weight excluding hydrogens is 220 g/mol. The Bertz CT molecular complexity index is 261. The Labute approximate surface area is 91.6 Å². The van der Waals surface area contributed by atoms with Gasteiger partial charge in [-0.15, -0.1) is 0 Å². The number of hydrogen-bond acceptors (Lipinski definition) is 7. The van der Waals surface area contributed by atoms with Crippen LogP contribution in [0.5, 0.6) is 0 Å². The van der Waals surface area contributed by atoms with Crippen LogP contribution in [0.15, 0.2) is 12.7 Å². The molecule has 0 aliphatic rings. The molecule has 0 rings (SSSR count). The first-order chi connectivity index (χ1) is 7.47. The lowest BCUT2D eigenvalue weighted by Gasteiger charge is -2.30. The van der Waals surface area contributed by atoms with Crippen LogP contribution >= 0.6 is 0 Å². The van der Waals surface area contributed by atoms with Crippen molar-refractivity contribution < 1.29 is 34.8 Å². The Kier molecular flexibility index (Phi) is 5.83. The molecule has 0 aromatic carbocycles. The maximum Gasteiger partial charge on any atom is 0.343 e. The minimum Gasteiger partial charge on any atom is -0.395 e. The first-order valence-corrected chi connectivity index (χ1v) is 4.36. The van der Waals surface area contributed by atoms with Gasteiger partial charge in [-0.25, -0.2) is 9.59 Å².